The van der Waals surface area contributed by atoms with E-state index in [1.165, 1.54) is 26.4 Å². The Morgan fingerprint density at radius 2 is 1.71 bits per heavy atom. The molecule has 0 saturated carbocycles. The van der Waals surface area contributed by atoms with Gasteiger partial charge in [0.25, 0.3) is 0 Å². The molecule has 0 aliphatic heterocycles. The smallest absolute Gasteiger partial charge is 0.163 e. The summed E-state index contributed by atoms with van der Waals surface area (Å²) < 4.78 is 24.3. The van der Waals surface area contributed by atoms with Crippen LogP contribution >= 0.6 is 0 Å². The number of benzene rings is 2. The molecule has 0 heterocycles. The normalized spacial score (nSPS) is 12.0. The van der Waals surface area contributed by atoms with E-state index in [2.05, 4.69) is 0 Å². The number of rotatable bonds is 5. The first-order chi connectivity index (χ1) is 10.1. The second-order valence-electron chi connectivity index (χ2n) is 4.88. The van der Waals surface area contributed by atoms with E-state index in [0.29, 0.717) is 17.9 Å². The number of methoxy groups -OCH3 is 2. The molecule has 1 N–H and O–H groups in total. The second-order valence-corrected chi connectivity index (χ2v) is 4.88. The molecule has 0 amide bonds. The Morgan fingerprint density at radius 3 is 2.33 bits per heavy atom. The van der Waals surface area contributed by atoms with E-state index < -0.39 is 11.9 Å². The first-order valence-corrected chi connectivity index (χ1v) is 6.70. The molecule has 21 heavy (non-hydrogen) atoms. The summed E-state index contributed by atoms with van der Waals surface area (Å²) in [5, 5.41) is 10.3. The van der Waals surface area contributed by atoms with Gasteiger partial charge in [0, 0.05) is 18.1 Å². The maximum atomic E-state index is 14.1. The van der Waals surface area contributed by atoms with E-state index in [9.17, 15) is 9.50 Å². The zero-order chi connectivity index (χ0) is 15.4. The van der Waals surface area contributed by atoms with Gasteiger partial charge in [0.1, 0.15) is 5.82 Å². The average molecular weight is 290 g/mol. The van der Waals surface area contributed by atoms with Crippen LogP contribution in [0.1, 0.15) is 22.8 Å². The van der Waals surface area contributed by atoms with Crippen LogP contribution in [-0.2, 0) is 6.42 Å². The van der Waals surface area contributed by atoms with Gasteiger partial charge >= 0.3 is 0 Å². The van der Waals surface area contributed by atoms with E-state index in [0.717, 1.165) is 11.1 Å². The Kier molecular flexibility index (Phi) is 4.81. The quantitative estimate of drug-likeness (QED) is 0.917. The minimum atomic E-state index is -0.939. The van der Waals surface area contributed by atoms with Crippen molar-refractivity contribution in [1.82, 2.24) is 0 Å². The molecule has 112 valence electrons. The molecule has 0 saturated heterocycles. The second kappa shape index (κ2) is 6.59. The van der Waals surface area contributed by atoms with Crippen molar-refractivity contribution in [2.45, 2.75) is 19.4 Å². The number of aliphatic hydroxyl groups excluding tert-OH is 1. The molecular weight excluding hydrogens is 271 g/mol. The van der Waals surface area contributed by atoms with E-state index >= 15 is 0 Å². The van der Waals surface area contributed by atoms with Gasteiger partial charge in [-0.05, 0) is 24.1 Å². The van der Waals surface area contributed by atoms with E-state index in [4.69, 9.17) is 9.47 Å². The van der Waals surface area contributed by atoms with E-state index in [1.54, 1.807) is 0 Å². The third-order valence-corrected chi connectivity index (χ3v) is 3.54. The van der Waals surface area contributed by atoms with Crippen LogP contribution in [0.2, 0.25) is 0 Å². The van der Waals surface area contributed by atoms with Crippen LogP contribution in [0.4, 0.5) is 4.39 Å². The highest BCUT2D eigenvalue weighted by molar-refractivity contribution is 5.44. The summed E-state index contributed by atoms with van der Waals surface area (Å²) in [5.41, 5.74) is 2.26. The highest BCUT2D eigenvalue weighted by Gasteiger charge is 2.18. The molecule has 0 aromatic heterocycles. The lowest BCUT2D eigenvalue weighted by Crippen LogP contribution is -2.06. The van der Waals surface area contributed by atoms with Gasteiger partial charge in [-0.15, -0.1) is 0 Å². The van der Waals surface area contributed by atoms with Gasteiger partial charge in [-0.2, -0.15) is 0 Å². The summed E-state index contributed by atoms with van der Waals surface area (Å²) in [6.45, 7) is 1.97. The van der Waals surface area contributed by atoms with Crippen LogP contribution in [0.15, 0.2) is 36.4 Å². The lowest BCUT2D eigenvalue weighted by Gasteiger charge is -2.16. The maximum Gasteiger partial charge on any atom is 0.163 e. The molecule has 0 aliphatic rings. The standard InChI is InChI=1S/C17H19FO3/c1-11-6-4-5-7-12(11)8-15(19)13-9-16(20-2)17(21-3)10-14(13)18/h4-7,9-10,15,19H,8H2,1-3H3. The largest absolute Gasteiger partial charge is 0.493 e. The lowest BCUT2D eigenvalue weighted by atomic mass is 9.97. The fourth-order valence-electron chi connectivity index (χ4n) is 2.28. The highest BCUT2D eigenvalue weighted by atomic mass is 19.1. The fraction of sp³-hybridized carbons (Fsp3) is 0.294. The zero-order valence-corrected chi connectivity index (χ0v) is 12.4. The van der Waals surface area contributed by atoms with Crippen molar-refractivity contribution >= 4 is 0 Å². The summed E-state index contributed by atoms with van der Waals surface area (Å²) in [7, 11) is 2.92. The van der Waals surface area contributed by atoms with Crippen LogP contribution in [0.3, 0.4) is 0 Å². The Labute approximate surface area is 124 Å². The summed E-state index contributed by atoms with van der Waals surface area (Å²) in [6, 6.07) is 10.4. The number of hydrogen-bond donors (Lipinski definition) is 1. The zero-order valence-electron chi connectivity index (χ0n) is 12.4. The van der Waals surface area contributed by atoms with Gasteiger partial charge in [-0.3, -0.25) is 0 Å². The first kappa shape index (κ1) is 15.3. The number of aliphatic hydroxyl groups is 1. The minimum absolute atomic E-state index is 0.205. The minimum Gasteiger partial charge on any atom is -0.493 e. The maximum absolute atomic E-state index is 14.1. The van der Waals surface area contributed by atoms with Crippen molar-refractivity contribution < 1.29 is 19.0 Å². The Hall–Kier alpha value is -2.07. The van der Waals surface area contributed by atoms with Crippen LogP contribution in [0, 0.1) is 12.7 Å². The fourth-order valence-corrected chi connectivity index (χ4v) is 2.28. The molecule has 1 atom stereocenters. The monoisotopic (exact) mass is 290 g/mol. The lowest BCUT2D eigenvalue weighted by molar-refractivity contribution is 0.172. The van der Waals surface area contributed by atoms with Crippen molar-refractivity contribution in [3.8, 4) is 11.5 Å². The van der Waals surface area contributed by atoms with Gasteiger partial charge in [-0.25, -0.2) is 4.39 Å². The Balaban J connectivity index is 2.31. The van der Waals surface area contributed by atoms with Gasteiger partial charge in [-0.1, -0.05) is 24.3 Å². The van der Waals surface area contributed by atoms with E-state index in [1.807, 2.05) is 31.2 Å². The number of halogens is 1. The van der Waals surface area contributed by atoms with E-state index in [-0.39, 0.29) is 5.56 Å². The van der Waals surface area contributed by atoms with Crippen molar-refractivity contribution in [3.05, 3.63) is 58.9 Å². The first-order valence-electron chi connectivity index (χ1n) is 6.70. The molecule has 0 bridgehead atoms. The number of aryl methyl sites for hydroxylation is 1. The predicted molar refractivity (Wildman–Crippen MR) is 79.3 cm³/mol. The Morgan fingerprint density at radius 1 is 1.10 bits per heavy atom. The van der Waals surface area contributed by atoms with Crippen LogP contribution in [0.25, 0.3) is 0 Å². The molecule has 3 nitrogen and oxygen atoms in total. The molecule has 2 aromatic carbocycles. The van der Waals surface area contributed by atoms with Crippen LogP contribution < -0.4 is 9.47 Å². The molecule has 4 heteroatoms. The number of hydrogen-bond acceptors (Lipinski definition) is 3. The molecular formula is C17H19FO3. The molecule has 2 rings (SSSR count). The van der Waals surface area contributed by atoms with Gasteiger partial charge in [0.2, 0.25) is 0 Å². The van der Waals surface area contributed by atoms with Crippen molar-refractivity contribution in [2.75, 3.05) is 14.2 Å². The van der Waals surface area contributed by atoms with Gasteiger partial charge in [0.05, 0.1) is 20.3 Å². The summed E-state index contributed by atoms with van der Waals surface area (Å²) >= 11 is 0. The highest BCUT2D eigenvalue weighted by Crippen LogP contribution is 2.33. The van der Waals surface area contributed by atoms with Crippen molar-refractivity contribution in [3.63, 3.8) is 0 Å². The topological polar surface area (TPSA) is 38.7 Å². The van der Waals surface area contributed by atoms with Gasteiger partial charge < -0.3 is 14.6 Å². The third kappa shape index (κ3) is 3.34. The molecule has 0 fully saturated rings. The Bertz CT molecular complexity index is 625. The summed E-state index contributed by atoms with van der Waals surface area (Å²) in [6.07, 6.45) is -0.593. The predicted octanol–water partition coefficient (Wildman–Crippen LogP) is 3.43. The van der Waals surface area contributed by atoms with Gasteiger partial charge in [0.15, 0.2) is 11.5 Å². The molecule has 0 spiro atoms. The summed E-state index contributed by atoms with van der Waals surface area (Å²) in [4.78, 5) is 0. The molecule has 1 unspecified atom stereocenters. The summed E-state index contributed by atoms with van der Waals surface area (Å²) in [5.74, 6) is 0.202. The van der Waals surface area contributed by atoms with Crippen LogP contribution in [-0.4, -0.2) is 19.3 Å². The SMILES string of the molecule is COc1cc(F)c(C(O)Cc2ccccc2C)cc1OC. The van der Waals surface area contributed by atoms with Crippen molar-refractivity contribution in [1.29, 1.82) is 0 Å². The molecule has 0 aliphatic carbocycles. The average Bonchev–Trinajstić information content (AvgIpc) is 2.49. The third-order valence-electron chi connectivity index (χ3n) is 3.54. The van der Waals surface area contributed by atoms with Crippen LogP contribution in [0.5, 0.6) is 11.5 Å². The number of ether oxygens (including phenoxy) is 2. The van der Waals surface area contributed by atoms with Crippen molar-refractivity contribution in [2.24, 2.45) is 0 Å². The molecule has 2 aromatic rings. The molecule has 0 radical (unpaired) electrons.